The Morgan fingerprint density at radius 2 is 1.00 bits per heavy atom. The summed E-state index contributed by atoms with van der Waals surface area (Å²) < 4.78 is 151. The van der Waals surface area contributed by atoms with Crippen molar-refractivity contribution in [2.45, 2.75) is 36.2 Å². The van der Waals surface area contributed by atoms with Crippen LogP contribution >= 0.6 is 0 Å². The van der Waals surface area contributed by atoms with Crippen molar-refractivity contribution in [1.29, 1.82) is 0 Å². The molecule has 0 N–H and O–H groups in total. The zero-order valence-corrected chi connectivity index (χ0v) is 9.02. The summed E-state index contributed by atoms with van der Waals surface area (Å²) in [6, 6.07) is 0. The van der Waals surface area contributed by atoms with Crippen LogP contribution in [0, 0.1) is 0 Å². The van der Waals surface area contributed by atoms with Gasteiger partial charge in [-0.05, 0) is 0 Å². The maximum absolute atomic E-state index is 13.0. The molecule has 0 aromatic carbocycles. The van der Waals surface area contributed by atoms with Crippen LogP contribution in [0.25, 0.3) is 0 Å². The standard InChI is InChI=1S/C7H4F12O/c1-20-3(10,2(8)9)5(12,13)4(11,6(14,15)16)7(17,18)19/h2H,1H3. The minimum Gasteiger partial charge on any atom is -0.340 e. The van der Waals surface area contributed by atoms with Crippen molar-refractivity contribution in [1.82, 2.24) is 0 Å². The molecular weight excluding hydrogens is 328 g/mol. The van der Waals surface area contributed by atoms with Crippen molar-refractivity contribution < 1.29 is 57.4 Å². The molecule has 0 saturated heterocycles. The monoisotopic (exact) mass is 332 g/mol. The maximum atomic E-state index is 13.0. The number of rotatable bonds is 4. The number of hydrogen-bond donors (Lipinski definition) is 0. The Kier molecular flexibility index (Phi) is 4.63. The summed E-state index contributed by atoms with van der Waals surface area (Å²) in [5, 5.41) is 0. The first-order valence-electron chi connectivity index (χ1n) is 4.23. The molecule has 0 rings (SSSR count). The third kappa shape index (κ3) is 2.29. The van der Waals surface area contributed by atoms with Crippen LogP contribution in [0.3, 0.4) is 0 Å². The van der Waals surface area contributed by atoms with Crippen molar-refractivity contribution in [3.05, 3.63) is 0 Å². The van der Waals surface area contributed by atoms with Gasteiger partial charge in [-0.1, -0.05) is 0 Å². The summed E-state index contributed by atoms with van der Waals surface area (Å²) in [5.74, 6) is -13.5. The average molecular weight is 332 g/mol. The zero-order valence-electron chi connectivity index (χ0n) is 9.02. The molecule has 1 unspecified atom stereocenters. The maximum Gasteiger partial charge on any atom is 0.438 e. The van der Waals surface area contributed by atoms with Crippen LogP contribution in [0.4, 0.5) is 52.7 Å². The van der Waals surface area contributed by atoms with Gasteiger partial charge in [0.25, 0.3) is 0 Å². The largest absolute Gasteiger partial charge is 0.438 e. The van der Waals surface area contributed by atoms with E-state index in [4.69, 9.17) is 0 Å². The third-order valence-electron chi connectivity index (χ3n) is 2.22. The van der Waals surface area contributed by atoms with E-state index in [1.807, 2.05) is 0 Å². The highest BCUT2D eigenvalue weighted by atomic mass is 19.4. The van der Waals surface area contributed by atoms with Crippen molar-refractivity contribution in [2.75, 3.05) is 7.11 Å². The second-order valence-corrected chi connectivity index (χ2v) is 3.38. The molecule has 1 nitrogen and oxygen atoms in total. The second kappa shape index (κ2) is 4.84. The van der Waals surface area contributed by atoms with E-state index >= 15 is 0 Å². The fourth-order valence-electron chi connectivity index (χ4n) is 1.11. The zero-order chi connectivity index (χ0) is 16.8. The Labute approximate surface area is 102 Å². The molecule has 0 fully saturated rings. The van der Waals surface area contributed by atoms with Gasteiger partial charge in [0.1, 0.15) is 0 Å². The smallest absolute Gasteiger partial charge is 0.340 e. The summed E-state index contributed by atoms with van der Waals surface area (Å²) in [6.07, 6.45) is -20.1. The number of ether oxygens (including phenoxy) is 1. The fourth-order valence-corrected chi connectivity index (χ4v) is 1.11. The summed E-state index contributed by atoms with van der Waals surface area (Å²) in [6.45, 7) is 0. The number of hydrogen-bond acceptors (Lipinski definition) is 1. The highest BCUT2D eigenvalue weighted by Crippen LogP contribution is 2.59. The molecule has 1 atom stereocenters. The lowest BCUT2D eigenvalue weighted by atomic mass is 9.90. The molecular formula is C7H4F12O. The van der Waals surface area contributed by atoms with E-state index in [0.717, 1.165) is 0 Å². The minimum atomic E-state index is -7.58. The Hall–Kier alpha value is -0.880. The summed E-state index contributed by atoms with van der Waals surface area (Å²) in [4.78, 5) is 0. The van der Waals surface area contributed by atoms with Crippen LogP contribution in [0.5, 0.6) is 0 Å². The normalized spacial score (nSPS) is 18.3. The topological polar surface area (TPSA) is 9.23 Å². The summed E-state index contributed by atoms with van der Waals surface area (Å²) >= 11 is 0. The van der Waals surface area contributed by atoms with Gasteiger partial charge in [0.15, 0.2) is 0 Å². The molecule has 0 aromatic heterocycles. The van der Waals surface area contributed by atoms with Gasteiger partial charge >= 0.3 is 36.2 Å². The van der Waals surface area contributed by atoms with Gasteiger partial charge in [-0.3, -0.25) is 0 Å². The summed E-state index contributed by atoms with van der Waals surface area (Å²) in [7, 11) is -0.368. The first-order valence-corrected chi connectivity index (χ1v) is 4.23. The SMILES string of the molecule is COC(F)(C(F)F)C(F)(F)C(F)(C(F)(F)F)C(F)(F)F. The lowest BCUT2D eigenvalue weighted by molar-refractivity contribution is -0.448. The van der Waals surface area contributed by atoms with Gasteiger partial charge < -0.3 is 4.74 Å². The van der Waals surface area contributed by atoms with Crippen LogP contribution in [-0.4, -0.2) is 43.3 Å². The molecule has 0 aliphatic rings. The van der Waals surface area contributed by atoms with Gasteiger partial charge in [-0.25, -0.2) is 13.2 Å². The van der Waals surface area contributed by atoms with E-state index in [1.54, 1.807) is 0 Å². The van der Waals surface area contributed by atoms with Crippen LogP contribution in [0.2, 0.25) is 0 Å². The van der Waals surface area contributed by atoms with E-state index < -0.39 is 36.2 Å². The lowest BCUT2D eigenvalue weighted by Crippen LogP contribution is -2.73. The van der Waals surface area contributed by atoms with E-state index in [1.165, 1.54) is 0 Å². The second-order valence-electron chi connectivity index (χ2n) is 3.38. The van der Waals surface area contributed by atoms with Gasteiger partial charge in [0, 0.05) is 7.11 Å². The molecule has 122 valence electrons. The average Bonchev–Trinajstić information content (AvgIpc) is 2.22. The van der Waals surface area contributed by atoms with E-state index in [9.17, 15) is 52.7 Å². The Bertz CT molecular complexity index is 329. The van der Waals surface area contributed by atoms with Crippen LogP contribution in [0.1, 0.15) is 0 Å². The molecule has 0 spiro atoms. The number of alkyl halides is 12. The van der Waals surface area contributed by atoms with Gasteiger partial charge in [0.2, 0.25) is 0 Å². The molecule has 0 heterocycles. The Morgan fingerprint density at radius 3 is 1.15 bits per heavy atom. The van der Waals surface area contributed by atoms with E-state index in [0.29, 0.717) is 0 Å². The van der Waals surface area contributed by atoms with Gasteiger partial charge in [-0.15, -0.1) is 0 Å². The molecule has 0 saturated carbocycles. The molecule has 0 amide bonds. The molecule has 0 radical (unpaired) electrons. The first-order chi connectivity index (χ1) is 8.50. The fraction of sp³-hybridized carbons (Fsp3) is 1.00. The number of methoxy groups -OCH3 is 1. The van der Waals surface area contributed by atoms with Crippen LogP contribution < -0.4 is 0 Å². The molecule has 0 aliphatic carbocycles. The molecule has 0 bridgehead atoms. The van der Waals surface area contributed by atoms with Crippen molar-refractivity contribution in [2.24, 2.45) is 0 Å². The first kappa shape index (κ1) is 19.1. The highest BCUT2D eigenvalue weighted by molar-refractivity contribution is 5.12. The van der Waals surface area contributed by atoms with E-state index in [-0.39, 0.29) is 7.11 Å². The van der Waals surface area contributed by atoms with Crippen LogP contribution in [0.15, 0.2) is 0 Å². The highest BCUT2D eigenvalue weighted by Gasteiger charge is 2.91. The van der Waals surface area contributed by atoms with Crippen molar-refractivity contribution in [3.63, 3.8) is 0 Å². The van der Waals surface area contributed by atoms with Gasteiger partial charge in [0.05, 0.1) is 0 Å². The van der Waals surface area contributed by atoms with Gasteiger partial charge in [-0.2, -0.15) is 39.5 Å². The lowest BCUT2D eigenvalue weighted by Gasteiger charge is -2.41. The number of halogens is 12. The summed E-state index contributed by atoms with van der Waals surface area (Å²) in [5.41, 5.74) is -7.58. The Balaban J connectivity index is 6.35. The van der Waals surface area contributed by atoms with Crippen molar-refractivity contribution >= 4 is 0 Å². The third-order valence-corrected chi connectivity index (χ3v) is 2.22. The van der Waals surface area contributed by atoms with Crippen molar-refractivity contribution in [3.8, 4) is 0 Å². The Morgan fingerprint density at radius 1 is 0.700 bits per heavy atom. The minimum absolute atomic E-state index is 0.368. The molecule has 20 heavy (non-hydrogen) atoms. The molecule has 0 aromatic rings. The molecule has 13 heteroatoms. The van der Waals surface area contributed by atoms with Crippen LogP contribution in [-0.2, 0) is 4.74 Å². The predicted octanol–water partition coefficient (Wildman–Crippen LogP) is 4.03. The van der Waals surface area contributed by atoms with E-state index in [2.05, 4.69) is 4.74 Å². The predicted molar refractivity (Wildman–Crippen MR) is 37.7 cm³/mol. The molecule has 0 aliphatic heterocycles. The quantitative estimate of drug-likeness (QED) is 0.707.